The second-order valence-electron chi connectivity index (χ2n) is 5.72. The Balaban J connectivity index is 1.74. The van der Waals surface area contributed by atoms with E-state index in [4.69, 9.17) is 4.74 Å². The van der Waals surface area contributed by atoms with Gasteiger partial charge in [0.1, 0.15) is 0 Å². The number of pyridine rings is 1. The van der Waals surface area contributed by atoms with Crippen molar-refractivity contribution in [3.63, 3.8) is 0 Å². The lowest BCUT2D eigenvalue weighted by Crippen LogP contribution is -2.25. The van der Waals surface area contributed by atoms with Crippen molar-refractivity contribution in [1.82, 2.24) is 20.1 Å². The van der Waals surface area contributed by atoms with Crippen LogP contribution in [0.15, 0.2) is 42.6 Å². The third kappa shape index (κ3) is 3.85. The molecule has 1 amide bonds. The zero-order valence-corrected chi connectivity index (χ0v) is 14.5. The van der Waals surface area contributed by atoms with E-state index in [2.05, 4.69) is 15.4 Å². The van der Waals surface area contributed by atoms with Gasteiger partial charge in [-0.25, -0.2) is 9.67 Å². The number of carbonyl (C=O) groups excluding carboxylic acids is 1. The molecule has 0 spiro atoms. The lowest BCUT2D eigenvalue weighted by atomic mass is 10.2. The molecule has 0 aliphatic heterocycles. The molecule has 2 aromatic heterocycles. The highest BCUT2D eigenvalue weighted by Crippen LogP contribution is 2.17. The average molecular weight is 338 g/mol. The first-order valence-corrected chi connectivity index (χ1v) is 8.47. The largest absolute Gasteiger partial charge is 0.382 e. The molecule has 0 fully saturated rings. The highest BCUT2D eigenvalue weighted by atomic mass is 16.5. The van der Waals surface area contributed by atoms with Crippen molar-refractivity contribution in [3.8, 4) is 5.82 Å². The van der Waals surface area contributed by atoms with Gasteiger partial charge in [-0.1, -0.05) is 18.2 Å². The molecule has 6 nitrogen and oxygen atoms in total. The Morgan fingerprint density at radius 1 is 1.24 bits per heavy atom. The number of amides is 1. The summed E-state index contributed by atoms with van der Waals surface area (Å²) < 4.78 is 6.96. The zero-order chi connectivity index (χ0) is 17.6. The number of hydrogen-bond donors (Lipinski definition) is 1. The van der Waals surface area contributed by atoms with Gasteiger partial charge >= 0.3 is 0 Å². The second kappa shape index (κ2) is 7.90. The van der Waals surface area contributed by atoms with Crippen molar-refractivity contribution < 1.29 is 9.53 Å². The van der Waals surface area contributed by atoms with Crippen LogP contribution in [0.2, 0.25) is 0 Å². The molecule has 6 heteroatoms. The normalized spacial score (nSPS) is 11.0. The molecule has 1 N–H and O–H groups in total. The van der Waals surface area contributed by atoms with Crippen LogP contribution in [0.25, 0.3) is 16.7 Å². The van der Waals surface area contributed by atoms with E-state index in [-0.39, 0.29) is 5.91 Å². The number of fused-ring (bicyclic) bond motifs is 1. The summed E-state index contributed by atoms with van der Waals surface area (Å²) in [5.41, 5.74) is 2.23. The molecule has 0 saturated heterocycles. The summed E-state index contributed by atoms with van der Waals surface area (Å²) in [4.78, 5) is 17.0. The molecule has 0 atom stereocenters. The van der Waals surface area contributed by atoms with Crippen LogP contribution in [0.5, 0.6) is 0 Å². The molecule has 0 aliphatic carbocycles. The van der Waals surface area contributed by atoms with Gasteiger partial charge in [-0.15, -0.1) is 0 Å². The zero-order valence-electron chi connectivity index (χ0n) is 14.5. The maximum absolute atomic E-state index is 12.3. The number of aromatic nitrogens is 3. The Morgan fingerprint density at radius 2 is 2.08 bits per heavy atom. The molecule has 0 unspecified atom stereocenters. The van der Waals surface area contributed by atoms with Gasteiger partial charge in [0.25, 0.3) is 5.91 Å². The standard InChI is InChI=1S/C19H22N4O2/c1-3-25-12-6-11-20-19(24)16-13-21-23(14(16)2)18-10-9-15-7-4-5-8-17(15)22-18/h4-5,7-10,13H,3,6,11-12H2,1-2H3,(H,20,24). The van der Waals surface area contributed by atoms with Crippen LogP contribution in [0, 0.1) is 6.92 Å². The minimum Gasteiger partial charge on any atom is -0.382 e. The molecule has 0 saturated carbocycles. The van der Waals surface area contributed by atoms with Crippen LogP contribution < -0.4 is 5.32 Å². The SMILES string of the molecule is CCOCCCNC(=O)c1cnn(-c2ccc3ccccc3n2)c1C. The average Bonchev–Trinajstić information content (AvgIpc) is 3.02. The van der Waals surface area contributed by atoms with E-state index in [0.29, 0.717) is 31.1 Å². The number of nitrogens with one attached hydrogen (secondary N) is 1. The number of carbonyl (C=O) groups is 1. The third-order valence-electron chi connectivity index (χ3n) is 4.01. The summed E-state index contributed by atoms with van der Waals surface area (Å²) in [6.07, 6.45) is 2.38. The minimum atomic E-state index is -0.124. The van der Waals surface area contributed by atoms with E-state index in [0.717, 1.165) is 23.0 Å². The van der Waals surface area contributed by atoms with Crippen molar-refractivity contribution in [2.45, 2.75) is 20.3 Å². The summed E-state index contributed by atoms with van der Waals surface area (Å²) in [6, 6.07) is 11.8. The van der Waals surface area contributed by atoms with Gasteiger partial charge in [-0.3, -0.25) is 4.79 Å². The van der Waals surface area contributed by atoms with Crippen molar-refractivity contribution in [2.24, 2.45) is 0 Å². The Labute approximate surface area is 146 Å². The highest BCUT2D eigenvalue weighted by molar-refractivity contribution is 5.95. The van der Waals surface area contributed by atoms with Crippen LogP contribution in [-0.2, 0) is 4.74 Å². The van der Waals surface area contributed by atoms with Gasteiger partial charge < -0.3 is 10.1 Å². The predicted octanol–water partition coefficient (Wildman–Crippen LogP) is 2.89. The molecule has 25 heavy (non-hydrogen) atoms. The monoisotopic (exact) mass is 338 g/mol. The van der Waals surface area contributed by atoms with E-state index >= 15 is 0 Å². The molecule has 0 bridgehead atoms. The summed E-state index contributed by atoms with van der Waals surface area (Å²) in [6.45, 7) is 5.75. The Hall–Kier alpha value is -2.73. The van der Waals surface area contributed by atoms with Crippen LogP contribution in [0.3, 0.4) is 0 Å². The fourth-order valence-electron chi connectivity index (χ4n) is 2.65. The van der Waals surface area contributed by atoms with E-state index in [1.54, 1.807) is 10.9 Å². The number of ether oxygens (including phenoxy) is 1. The molecule has 0 radical (unpaired) electrons. The van der Waals surface area contributed by atoms with Gasteiger partial charge in [0.05, 0.1) is 23.0 Å². The van der Waals surface area contributed by atoms with Crippen molar-refractivity contribution in [2.75, 3.05) is 19.8 Å². The molecule has 3 aromatic rings. The first-order valence-electron chi connectivity index (χ1n) is 8.47. The fraction of sp³-hybridized carbons (Fsp3) is 0.316. The Morgan fingerprint density at radius 3 is 2.92 bits per heavy atom. The number of rotatable bonds is 7. The maximum Gasteiger partial charge on any atom is 0.254 e. The van der Waals surface area contributed by atoms with Gasteiger partial charge in [0.15, 0.2) is 5.82 Å². The Bertz CT molecular complexity index is 873. The van der Waals surface area contributed by atoms with Gasteiger partial charge in [-0.2, -0.15) is 5.10 Å². The topological polar surface area (TPSA) is 69.0 Å². The first kappa shape index (κ1) is 17.1. The van der Waals surface area contributed by atoms with Crippen LogP contribution in [0.4, 0.5) is 0 Å². The predicted molar refractivity (Wildman–Crippen MR) is 97.0 cm³/mol. The van der Waals surface area contributed by atoms with Gasteiger partial charge in [0, 0.05) is 25.1 Å². The molecule has 0 aliphatic rings. The minimum absolute atomic E-state index is 0.124. The van der Waals surface area contributed by atoms with Crippen molar-refractivity contribution in [3.05, 3.63) is 53.9 Å². The van der Waals surface area contributed by atoms with Gasteiger partial charge in [-0.05, 0) is 38.5 Å². The quantitative estimate of drug-likeness (QED) is 0.673. The third-order valence-corrected chi connectivity index (χ3v) is 4.01. The first-order chi connectivity index (χ1) is 12.2. The summed E-state index contributed by atoms with van der Waals surface area (Å²) in [5, 5.41) is 8.31. The highest BCUT2D eigenvalue weighted by Gasteiger charge is 2.15. The van der Waals surface area contributed by atoms with Crippen molar-refractivity contribution in [1.29, 1.82) is 0 Å². The summed E-state index contributed by atoms with van der Waals surface area (Å²) in [5.74, 6) is 0.577. The lowest BCUT2D eigenvalue weighted by molar-refractivity contribution is 0.0943. The summed E-state index contributed by atoms with van der Waals surface area (Å²) in [7, 11) is 0. The van der Waals surface area contributed by atoms with Crippen LogP contribution >= 0.6 is 0 Å². The fourth-order valence-corrected chi connectivity index (χ4v) is 2.65. The smallest absolute Gasteiger partial charge is 0.254 e. The van der Waals surface area contributed by atoms with E-state index < -0.39 is 0 Å². The van der Waals surface area contributed by atoms with Crippen LogP contribution in [0.1, 0.15) is 29.4 Å². The van der Waals surface area contributed by atoms with Gasteiger partial charge in [0.2, 0.25) is 0 Å². The Kier molecular flexibility index (Phi) is 5.40. The van der Waals surface area contributed by atoms with Crippen molar-refractivity contribution >= 4 is 16.8 Å². The molecule has 3 rings (SSSR count). The number of nitrogens with zero attached hydrogens (tertiary/aromatic N) is 3. The maximum atomic E-state index is 12.3. The summed E-state index contributed by atoms with van der Waals surface area (Å²) >= 11 is 0. The van der Waals surface area contributed by atoms with Crippen LogP contribution in [-0.4, -0.2) is 40.4 Å². The molecular weight excluding hydrogens is 316 g/mol. The molecule has 1 aromatic carbocycles. The van der Waals surface area contributed by atoms with E-state index in [1.165, 1.54) is 0 Å². The van der Waals surface area contributed by atoms with E-state index in [1.807, 2.05) is 50.2 Å². The number of hydrogen-bond acceptors (Lipinski definition) is 4. The second-order valence-corrected chi connectivity index (χ2v) is 5.72. The molecule has 130 valence electrons. The van der Waals surface area contributed by atoms with E-state index in [9.17, 15) is 4.79 Å². The number of para-hydroxylation sites is 1. The number of benzene rings is 1. The lowest BCUT2D eigenvalue weighted by Gasteiger charge is -2.07. The molecule has 2 heterocycles. The molecular formula is C19H22N4O2.